The number of aryl methyl sites for hydroxylation is 1. The molecule has 164 valence electrons. The molecule has 0 bridgehead atoms. The Morgan fingerprint density at radius 1 is 1.06 bits per heavy atom. The number of nitrogens with zero attached hydrogens (tertiary/aromatic N) is 3. The molecule has 0 radical (unpaired) electrons. The van der Waals surface area contributed by atoms with Gasteiger partial charge in [-0.2, -0.15) is 4.98 Å². The van der Waals surface area contributed by atoms with E-state index in [9.17, 15) is 4.79 Å². The maximum atomic E-state index is 12.3. The van der Waals surface area contributed by atoms with Gasteiger partial charge in [0, 0.05) is 34.4 Å². The Hall–Kier alpha value is -3.43. The molecule has 2 aromatic heterocycles. The molecule has 0 saturated heterocycles. The first kappa shape index (κ1) is 21.8. The molecule has 2 aromatic carbocycles. The fourth-order valence-corrected chi connectivity index (χ4v) is 3.80. The van der Waals surface area contributed by atoms with Gasteiger partial charge in [0.05, 0.1) is 19.9 Å². The molecule has 0 atom stereocenters. The number of ether oxygens (including phenoxy) is 2. The maximum absolute atomic E-state index is 12.3. The third-order valence-electron chi connectivity index (χ3n) is 4.57. The van der Waals surface area contributed by atoms with Crippen LogP contribution in [0.15, 0.2) is 52.4 Å². The van der Waals surface area contributed by atoms with Crippen molar-refractivity contribution in [1.29, 1.82) is 0 Å². The van der Waals surface area contributed by atoms with Gasteiger partial charge in [-0.15, -0.1) is 11.3 Å². The summed E-state index contributed by atoms with van der Waals surface area (Å²) in [7, 11) is 3.13. The van der Waals surface area contributed by atoms with Crippen molar-refractivity contribution in [1.82, 2.24) is 15.1 Å². The second-order valence-electron chi connectivity index (χ2n) is 6.67. The van der Waals surface area contributed by atoms with Crippen LogP contribution in [-0.2, 0) is 11.2 Å². The summed E-state index contributed by atoms with van der Waals surface area (Å²) in [4.78, 5) is 21.1. The number of amides is 1. The Balaban J connectivity index is 1.34. The van der Waals surface area contributed by atoms with Crippen molar-refractivity contribution in [3.63, 3.8) is 0 Å². The summed E-state index contributed by atoms with van der Waals surface area (Å²) in [6.45, 7) is 0. The minimum Gasteiger partial charge on any atom is -0.493 e. The average Bonchev–Trinajstić information content (AvgIpc) is 3.47. The number of anilines is 1. The number of rotatable bonds is 8. The fourth-order valence-electron chi connectivity index (χ4n) is 2.94. The Kier molecular flexibility index (Phi) is 6.67. The van der Waals surface area contributed by atoms with Gasteiger partial charge < -0.3 is 19.3 Å². The van der Waals surface area contributed by atoms with Gasteiger partial charge in [-0.25, -0.2) is 4.98 Å². The quantitative estimate of drug-likeness (QED) is 0.382. The zero-order valence-electron chi connectivity index (χ0n) is 17.3. The van der Waals surface area contributed by atoms with Gasteiger partial charge in [0.1, 0.15) is 0 Å². The first-order chi connectivity index (χ1) is 15.6. The summed E-state index contributed by atoms with van der Waals surface area (Å²) in [6, 6.07) is 12.7. The summed E-state index contributed by atoms with van der Waals surface area (Å²) in [5.74, 6) is 1.77. The molecule has 8 nitrogen and oxygen atoms in total. The third kappa shape index (κ3) is 5.06. The molecule has 0 spiro atoms. The summed E-state index contributed by atoms with van der Waals surface area (Å²) >= 11 is 7.27. The van der Waals surface area contributed by atoms with Crippen LogP contribution < -0.4 is 14.8 Å². The van der Waals surface area contributed by atoms with E-state index >= 15 is 0 Å². The number of thiazole rings is 1. The molecule has 1 amide bonds. The van der Waals surface area contributed by atoms with E-state index in [1.165, 1.54) is 11.3 Å². The topological polar surface area (TPSA) is 99.4 Å². The second-order valence-corrected chi connectivity index (χ2v) is 7.97. The third-order valence-corrected chi connectivity index (χ3v) is 5.58. The largest absolute Gasteiger partial charge is 0.493 e. The van der Waals surface area contributed by atoms with Crippen molar-refractivity contribution in [2.45, 2.75) is 12.8 Å². The number of carbonyl (C=O) groups excluding carboxylic acids is 1. The Morgan fingerprint density at radius 3 is 2.56 bits per heavy atom. The van der Waals surface area contributed by atoms with Gasteiger partial charge in [0.15, 0.2) is 16.6 Å². The number of benzene rings is 2. The van der Waals surface area contributed by atoms with Crippen LogP contribution >= 0.6 is 22.9 Å². The lowest BCUT2D eigenvalue weighted by Gasteiger charge is -2.07. The van der Waals surface area contributed by atoms with Gasteiger partial charge >= 0.3 is 0 Å². The van der Waals surface area contributed by atoms with E-state index < -0.39 is 0 Å². The molecule has 2 heterocycles. The fraction of sp³-hybridized carbons (Fsp3) is 0.182. The number of nitrogens with one attached hydrogen (secondary N) is 1. The van der Waals surface area contributed by atoms with Crippen molar-refractivity contribution in [3.8, 4) is 34.1 Å². The van der Waals surface area contributed by atoms with Crippen LogP contribution in [0.4, 0.5) is 5.13 Å². The van der Waals surface area contributed by atoms with Gasteiger partial charge in [0.25, 0.3) is 0 Å². The first-order valence-electron chi connectivity index (χ1n) is 9.62. The molecular formula is C22H19ClN4O4S. The predicted octanol–water partition coefficient (Wildman–Crippen LogP) is 5.10. The molecule has 1 N–H and O–H groups in total. The highest BCUT2D eigenvalue weighted by molar-refractivity contribution is 7.14. The number of carbonyl (C=O) groups is 1. The van der Waals surface area contributed by atoms with Crippen LogP contribution in [0.25, 0.3) is 22.6 Å². The lowest BCUT2D eigenvalue weighted by Crippen LogP contribution is -2.12. The van der Waals surface area contributed by atoms with Crippen molar-refractivity contribution in [2.75, 3.05) is 19.5 Å². The zero-order valence-corrected chi connectivity index (χ0v) is 18.9. The monoisotopic (exact) mass is 470 g/mol. The number of halogens is 1. The molecule has 4 rings (SSSR count). The van der Waals surface area contributed by atoms with Gasteiger partial charge in [-0.3, -0.25) is 4.79 Å². The van der Waals surface area contributed by atoms with Crippen LogP contribution in [0, 0.1) is 0 Å². The first-order valence-corrected chi connectivity index (χ1v) is 10.9. The SMILES string of the molecule is COc1ccc(-c2noc(CCC(=O)Nc3nc(-c4ccc(Cl)cc4)cs3)n2)cc1OC. The predicted molar refractivity (Wildman–Crippen MR) is 122 cm³/mol. The van der Waals surface area contributed by atoms with E-state index in [1.54, 1.807) is 38.5 Å². The summed E-state index contributed by atoms with van der Waals surface area (Å²) in [5, 5.41) is 9.86. The summed E-state index contributed by atoms with van der Waals surface area (Å²) in [5.41, 5.74) is 2.43. The van der Waals surface area contributed by atoms with E-state index in [4.69, 9.17) is 25.6 Å². The lowest BCUT2D eigenvalue weighted by molar-refractivity contribution is -0.116. The van der Waals surface area contributed by atoms with Crippen LogP contribution in [0.2, 0.25) is 5.02 Å². The smallest absolute Gasteiger partial charge is 0.227 e. The van der Waals surface area contributed by atoms with Crippen molar-refractivity contribution in [2.24, 2.45) is 0 Å². The van der Waals surface area contributed by atoms with Crippen molar-refractivity contribution >= 4 is 34.0 Å². The van der Waals surface area contributed by atoms with Gasteiger partial charge in [-0.05, 0) is 30.3 Å². The molecule has 32 heavy (non-hydrogen) atoms. The van der Waals surface area contributed by atoms with Gasteiger partial charge in [-0.1, -0.05) is 28.9 Å². The Labute approximate surface area is 193 Å². The molecule has 0 saturated carbocycles. The van der Waals surface area contributed by atoms with E-state index in [0.29, 0.717) is 39.8 Å². The molecule has 10 heteroatoms. The highest BCUT2D eigenvalue weighted by atomic mass is 35.5. The van der Waals surface area contributed by atoms with Crippen LogP contribution in [0.3, 0.4) is 0 Å². The summed E-state index contributed by atoms with van der Waals surface area (Å²) in [6.07, 6.45) is 0.491. The number of methoxy groups -OCH3 is 2. The minimum absolute atomic E-state index is 0.184. The molecule has 0 aliphatic heterocycles. The minimum atomic E-state index is -0.187. The molecule has 0 fully saturated rings. The normalized spacial score (nSPS) is 10.7. The Morgan fingerprint density at radius 2 is 1.81 bits per heavy atom. The second kappa shape index (κ2) is 9.80. The average molecular weight is 471 g/mol. The van der Waals surface area contributed by atoms with E-state index in [-0.39, 0.29) is 12.3 Å². The van der Waals surface area contributed by atoms with E-state index in [0.717, 1.165) is 16.8 Å². The molecule has 0 aliphatic carbocycles. The standard InChI is InChI=1S/C22H19ClN4O4S/c1-29-17-8-5-14(11-18(17)30-2)21-26-20(31-27-21)10-9-19(28)25-22-24-16(12-32-22)13-3-6-15(23)7-4-13/h3-8,11-12H,9-10H2,1-2H3,(H,24,25,28). The van der Waals surface area contributed by atoms with E-state index in [2.05, 4.69) is 20.4 Å². The molecule has 0 unspecified atom stereocenters. The number of hydrogen-bond acceptors (Lipinski definition) is 8. The van der Waals surface area contributed by atoms with Gasteiger partial charge in [0.2, 0.25) is 17.6 Å². The molecule has 0 aliphatic rings. The van der Waals surface area contributed by atoms with E-state index in [1.807, 2.05) is 23.6 Å². The Bertz CT molecular complexity index is 1220. The maximum Gasteiger partial charge on any atom is 0.227 e. The highest BCUT2D eigenvalue weighted by Crippen LogP contribution is 2.31. The van der Waals surface area contributed by atoms with Crippen LogP contribution in [0.5, 0.6) is 11.5 Å². The molecular weight excluding hydrogens is 452 g/mol. The number of hydrogen-bond donors (Lipinski definition) is 1. The zero-order chi connectivity index (χ0) is 22.5. The molecule has 4 aromatic rings. The van der Waals surface area contributed by atoms with Crippen LogP contribution in [0.1, 0.15) is 12.3 Å². The van der Waals surface area contributed by atoms with Crippen LogP contribution in [-0.4, -0.2) is 35.3 Å². The van der Waals surface area contributed by atoms with Crippen molar-refractivity contribution < 1.29 is 18.8 Å². The number of aromatic nitrogens is 3. The lowest BCUT2D eigenvalue weighted by atomic mass is 10.2. The highest BCUT2D eigenvalue weighted by Gasteiger charge is 2.14. The van der Waals surface area contributed by atoms with Crippen molar-refractivity contribution in [3.05, 3.63) is 58.8 Å². The summed E-state index contributed by atoms with van der Waals surface area (Å²) < 4.78 is 15.8.